The lowest BCUT2D eigenvalue weighted by Crippen LogP contribution is -2.45. The molecule has 1 N–H and O–H groups in total. The van der Waals surface area contributed by atoms with E-state index in [1.54, 1.807) is 63.2 Å². The van der Waals surface area contributed by atoms with Crippen molar-refractivity contribution in [1.29, 1.82) is 0 Å². The Kier molecular flexibility index (Phi) is 8.16. The van der Waals surface area contributed by atoms with Crippen LogP contribution in [0.3, 0.4) is 0 Å². The zero-order valence-electron chi connectivity index (χ0n) is 22.9. The number of hydrogen-bond acceptors (Lipinski definition) is 6. The number of rotatable bonds is 5. The van der Waals surface area contributed by atoms with E-state index in [0.717, 1.165) is 14.7 Å². The molecule has 1 aliphatic heterocycles. The van der Waals surface area contributed by atoms with Crippen LogP contribution in [0.15, 0.2) is 71.3 Å². The molecule has 2 amide bonds. The number of carbonyl (C=O) groups excluding carboxylic acids is 3. The van der Waals surface area contributed by atoms with Crippen molar-refractivity contribution in [2.24, 2.45) is 0 Å². The molecule has 0 radical (unpaired) electrons. The molecule has 42 heavy (non-hydrogen) atoms. The number of nitrogens with zero attached hydrogens (tertiary/aromatic N) is 4. The first-order valence-electron chi connectivity index (χ1n) is 13.0. The van der Waals surface area contributed by atoms with Gasteiger partial charge in [-0.2, -0.15) is 0 Å². The Morgan fingerprint density at radius 3 is 2.50 bits per heavy atom. The van der Waals surface area contributed by atoms with Gasteiger partial charge in [-0.3, -0.25) is 9.59 Å². The minimum Gasteiger partial charge on any atom is -0.456 e. The van der Waals surface area contributed by atoms with Crippen LogP contribution in [-0.4, -0.2) is 49.8 Å². The van der Waals surface area contributed by atoms with Gasteiger partial charge in [-0.15, -0.1) is 5.10 Å². The van der Waals surface area contributed by atoms with Crippen LogP contribution in [0.2, 0.25) is 5.02 Å². The van der Waals surface area contributed by atoms with E-state index in [4.69, 9.17) is 16.3 Å². The highest BCUT2D eigenvalue weighted by Gasteiger charge is 2.38. The third kappa shape index (κ3) is 6.07. The van der Waals surface area contributed by atoms with E-state index in [2.05, 4.69) is 31.6 Å². The van der Waals surface area contributed by atoms with Gasteiger partial charge >= 0.3 is 5.97 Å². The fraction of sp³-hybridized carbons (Fsp3) is 0.233. The minimum atomic E-state index is -1.00. The Morgan fingerprint density at radius 2 is 1.79 bits per heavy atom. The molecule has 1 atom stereocenters. The van der Waals surface area contributed by atoms with Gasteiger partial charge in [0.25, 0.3) is 11.8 Å². The number of halogens is 3. The third-order valence-corrected chi connectivity index (χ3v) is 7.59. The molecule has 0 fully saturated rings. The Labute approximate surface area is 254 Å². The Hall–Kier alpha value is -4.09. The normalized spacial score (nSPS) is 14.7. The van der Waals surface area contributed by atoms with Gasteiger partial charge in [0.1, 0.15) is 17.3 Å². The zero-order valence-corrected chi connectivity index (χ0v) is 25.2. The van der Waals surface area contributed by atoms with E-state index in [1.807, 2.05) is 6.07 Å². The van der Waals surface area contributed by atoms with Crippen molar-refractivity contribution in [2.75, 3.05) is 11.9 Å². The Balaban J connectivity index is 1.42. The average Bonchev–Trinajstić information content (AvgIpc) is 3.43. The molecule has 4 aromatic rings. The number of amides is 2. The third-order valence-electron chi connectivity index (χ3n) is 6.55. The maximum Gasteiger partial charge on any atom is 0.338 e. The van der Waals surface area contributed by atoms with Crippen LogP contribution in [-0.2, 0) is 16.0 Å². The van der Waals surface area contributed by atoms with Gasteiger partial charge in [-0.25, -0.2) is 13.9 Å². The second kappa shape index (κ2) is 11.7. The smallest absolute Gasteiger partial charge is 0.338 e. The molecule has 0 saturated heterocycles. The lowest BCUT2D eigenvalue weighted by molar-refractivity contribution is -0.121. The molecule has 2 heterocycles. The van der Waals surface area contributed by atoms with Crippen molar-refractivity contribution >= 4 is 51.0 Å². The number of esters is 1. The van der Waals surface area contributed by atoms with E-state index < -0.39 is 35.2 Å². The molecule has 12 heteroatoms. The number of fused-ring (bicyclic) bond motifs is 1. The first-order chi connectivity index (χ1) is 19.9. The van der Waals surface area contributed by atoms with Crippen LogP contribution >= 0.6 is 27.5 Å². The molecule has 0 saturated carbocycles. The van der Waals surface area contributed by atoms with Gasteiger partial charge in [-0.05, 0) is 80.8 Å². The summed E-state index contributed by atoms with van der Waals surface area (Å²) in [6, 6.07) is 15.2. The summed E-state index contributed by atoms with van der Waals surface area (Å²) < 4.78 is 21.9. The summed E-state index contributed by atoms with van der Waals surface area (Å²) in [5.41, 5.74) is 1.66. The molecule has 9 nitrogen and oxygen atoms in total. The number of benzene rings is 3. The van der Waals surface area contributed by atoms with Gasteiger partial charge in [-0.1, -0.05) is 50.9 Å². The number of hydrogen-bond donors (Lipinski definition) is 1. The quantitative estimate of drug-likeness (QED) is 0.259. The second-order valence-corrected chi connectivity index (χ2v) is 11.9. The standard InChI is InChI=1S/C30H26BrClFN5O4/c1-30(2,3)42-29(41)17-10-12-18(13-11-17)34-27(39)26-20-6-4-7-21(31)19(20)14-15-37(26)28(40)23-16-38(36-35-23)24-9-5-8-22(32)25(24)33/h4-13,16,26H,14-15H2,1-3H3,(H,34,39). The molecule has 0 spiro atoms. The van der Waals surface area contributed by atoms with E-state index in [-0.39, 0.29) is 22.9 Å². The van der Waals surface area contributed by atoms with Crippen LogP contribution in [0.4, 0.5) is 10.1 Å². The van der Waals surface area contributed by atoms with E-state index in [9.17, 15) is 18.8 Å². The highest BCUT2D eigenvalue weighted by atomic mass is 79.9. The molecule has 1 unspecified atom stereocenters. The Bertz CT molecular complexity index is 1690. The number of nitrogens with one attached hydrogen (secondary N) is 1. The van der Waals surface area contributed by atoms with Crippen LogP contribution < -0.4 is 5.32 Å². The summed E-state index contributed by atoms with van der Waals surface area (Å²) in [4.78, 5) is 41.3. The highest BCUT2D eigenvalue weighted by molar-refractivity contribution is 9.10. The molecular weight excluding hydrogens is 629 g/mol. The van der Waals surface area contributed by atoms with Gasteiger partial charge in [0.2, 0.25) is 0 Å². The van der Waals surface area contributed by atoms with Crippen molar-refractivity contribution < 1.29 is 23.5 Å². The van der Waals surface area contributed by atoms with Crippen LogP contribution in [0.25, 0.3) is 5.69 Å². The number of ether oxygens (including phenoxy) is 1. The second-order valence-electron chi connectivity index (χ2n) is 10.6. The van der Waals surface area contributed by atoms with Crippen molar-refractivity contribution in [2.45, 2.75) is 38.8 Å². The molecule has 0 aliphatic carbocycles. The SMILES string of the molecule is CC(C)(C)OC(=O)c1ccc(NC(=O)C2c3cccc(Br)c3CCN2C(=O)c2cn(-c3cccc(Cl)c3F)nn2)cc1. The lowest BCUT2D eigenvalue weighted by atomic mass is 9.91. The number of aromatic nitrogens is 3. The first-order valence-corrected chi connectivity index (χ1v) is 14.2. The van der Waals surface area contributed by atoms with Crippen molar-refractivity contribution in [3.05, 3.63) is 105 Å². The average molecular weight is 655 g/mol. The maximum atomic E-state index is 14.6. The molecule has 0 bridgehead atoms. The molecule has 5 rings (SSSR count). The summed E-state index contributed by atoms with van der Waals surface area (Å²) in [5, 5.41) is 10.7. The fourth-order valence-corrected chi connectivity index (χ4v) is 5.41. The summed E-state index contributed by atoms with van der Waals surface area (Å²) >= 11 is 9.46. The summed E-state index contributed by atoms with van der Waals surface area (Å²) in [6.07, 6.45) is 1.80. The largest absolute Gasteiger partial charge is 0.456 e. The number of anilines is 1. The summed E-state index contributed by atoms with van der Waals surface area (Å²) in [7, 11) is 0. The van der Waals surface area contributed by atoms with Gasteiger partial charge in [0, 0.05) is 16.7 Å². The van der Waals surface area contributed by atoms with E-state index >= 15 is 0 Å². The predicted octanol–water partition coefficient (Wildman–Crippen LogP) is 6.16. The minimum absolute atomic E-state index is 0.0334. The molecule has 1 aromatic heterocycles. The van der Waals surface area contributed by atoms with Crippen molar-refractivity contribution in [1.82, 2.24) is 19.9 Å². The lowest BCUT2D eigenvalue weighted by Gasteiger charge is -2.36. The molecule has 3 aromatic carbocycles. The highest BCUT2D eigenvalue weighted by Crippen LogP contribution is 2.36. The van der Waals surface area contributed by atoms with Gasteiger partial charge in [0.15, 0.2) is 11.5 Å². The van der Waals surface area contributed by atoms with Crippen LogP contribution in [0.1, 0.15) is 58.8 Å². The first kappa shape index (κ1) is 29.4. The molecule has 1 aliphatic rings. The number of carbonyl (C=O) groups is 3. The molecule has 216 valence electrons. The van der Waals surface area contributed by atoms with Crippen molar-refractivity contribution in [3.63, 3.8) is 0 Å². The maximum absolute atomic E-state index is 14.6. The Morgan fingerprint density at radius 1 is 1.07 bits per heavy atom. The predicted molar refractivity (Wildman–Crippen MR) is 158 cm³/mol. The fourth-order valence-electron chi connectivity index (χ4n) is 4.66. The van der Waals surface area contributed by atoms with Crippen molar-refractivity contribution in [3.8, 4) is 5.69 Å². The van der Waals surface area contributed by atoms with Crippen LogP contribution in [0.5, 0.6) is 0 Å². The monoisotopic (exact) mass is 653 g/mol. The topological polar surface area (TPSA) is 106 Å². The summed E-state index contributed by atoms with van der Waals surface area (Å²) in [6.45, 7) is 5.57. The summed E-state index contributed by atoms with van der Waals surface area (Å²) in [5.74, 6) is -2.18. The van der Waals surface area contributed by atoms with E-state index in [1.165, 1.54) is 23.2 Å². The molecular formula is C30H26BrClFN5O4. The van der Waals surface area contributed by atoms with E-state index in [0.29, 0.717) is 23.2 Å². The van der Waals surface area contributed by atoms with Gasteiger partial charge in [0.05, 0.1) is 16.8 Å². The zero-order chi connectivity index (χ0) is 30.2. The van der Waals surface area contributed by atoms with Gasteiger partial charge < -0.3 is 15.0 Å². The van der Waals surface area contributed by atoms with Crippen LogP contribution in [0, 0.1) is 5.82 Å².